The van der Waals surface area contributed by atoms with Crippen LogP contribution in [-0.4, -0.2) is 10.8 Å². The molecule has 122 valence electrons. The molecule has 2 aromatic carbocycles. The van der Waals surface area contributed by atoms with Gasteiger partial charge in [-0.2, -0.15) is 0 Å². The van der Waals surface area contributed by atoms with Crippen LogP contribution in [0.25, 0.3) is 11.3 Å². The van der Waals surface area contributed by atoms with E-state index in [0.717, 1.165) is 5.56 Å². The highest BCUT2D eigenvalue weighted by Crippen LogP contribution is 2.23. The van der Waals surface area contributed by atoms with E-state index in [1.807, 2.05) is 19.1 Å². The molecule has 5 heteroatoms. The Morgan fingerprint density at radius 2 is 1.83 bits per heavy atom. The van der Waals surface area contributed by atoms with Gasteiger partial charge in [0.15, 0.2) is 18.2 Å². The van der Waals surface area contributed by atoms with Gasteiger partial charge in [-0.05, 0) is 48.5 Å². The van der Waals surface area contributed by atoms with E-state index in [1.165, 1.54) is 0 Å². The third-order valence-corrected chi connectivity index (χ3v) is 3.79. The molecular formula is C19H16ClNO3. The molecule has 0 atom stereocenters. The summed E-state index contributed by atoms with van der Waals surface area (Å²) in [5.74, 6) is 1.92. The Bertz CT molecular complexity index is 823. The Morgan fingerprint density at radius 3 is 2.50 bits per heavy atom. The van der Waals surface area contributed by atoms with Crippen molar-refractivity contribution in [2.24, 2.45) is 0 Å². The highest BCUT2D eigenvalue weighted by atomic mass is 35.5. The van der Waals surface area contributed by atoms with Crippen molar-refractivity contribution in [3.8, 4) is 17.1 Å². The molecule has 0 saturated heterocycles. The van der Waals surface area contributed by atoms with Crippen LogP contribution in [0.2, 0.25) is 5.02 Å². The summed E-state index contributed by atoms with van der Waals surface area (Å²) in [6, 6.07) is 14.4. The molecule has 0 unspecified atom stereocenters. The lowest BCUT2D eigenvalue weighted by molar-refractivity contribution is 0.0988. The van der Waals surface area contributed by atoms with Crippen molar-refractivity contribution >= 4 is 17.4 Å². The average Bonchev–Trinajstić information content (AvgIpc) is 3.09. The van der Waals surface area contributed by atoms with E-state index >= 15 is 0 Å². The molecule has 0 radical (unpaired) electrons. The molecule has 0 aliphatic carbocycles. The zero-order valence-corrected chi connectivity index (χ0v) is 13.9. The van der Waals surface area contributed by atoms with Crippen LogP contribution in [0.5, 0.6) is 5.75 Å². The number of hydrogen-bond donors (Lipinski definition) is 0. The van der Waals surface area contributed by atoms with E-state index in [2.05, 4.69) is 4.98 Å². The van der Waals surface area contributed by atoms with Crippen molar-refractivity contribution in [2.45, 2.75) is 20.0 Å². The molecule has 3 rings (SSSR count). The Balaban J connectivity index is 1.63. The van der Waals surface area contributed by atoms with Crippen LogP contribution in [0.1, 0.15) is 29.6 Å². The fraction of sp³-hybridized carbons (Fsp3) is 0.158. The maximum atomic E-state index is 11.6. The maximum absolute atomic E-state index is 11.6. The lowest BCUT2D eigenvalue weighted by Gasteiger charge is -2.04. The van der Waals surface area contributed by atoms with Crippen LogP contribution in [0, 0.1) is 0 Å². The normalized spacial score (nSPS) is 10.6. The molecule has 0 aliphatic heterocycles. The SMILES string of the molecule is CCC(=O)c1ccc(OCc2ncc(-c3ccc(Cl)cc3)o2)cc1. The number of benzene rings is 2. The number of carbonyl (C=O) groups excluding carboxylic acids is 1. The zero-order chi connectivity index (χ0) is 16.9. The smallest absolute Gasteiger partial charge is 0.232 e. The number of carbonyl (C=O) groups is 1. The topological polar surface area (TPSA) is 52.3 Å². The van der Waals surface area contributed by atoms with Crippen LogP contribution in [0.3, 0.4) is 0 Å². The van der Waals surface area contributed by atoms with Crippen molar-refractivity contribution in [1.82, 2.24) is 4.98 Å². The summed E-state index contributed by atoms with van der Waals surface area (Å²) in [5.41, 5.74) is 1.59. The summed E-state index contributed by atoms with van der Waals surface area (Å²) >= 11 is 5.87. The predicted molar refractivity (Wildman–Crippen MR) is 92.3 cm³/mol. The molecule has 3 aromatic rings. The van der Waals surface area contributed by atoms with Gasteiger partial charge in [0.05, 0.1) is 6.20 Å². The standard InChI is InChI=1S/C19H16ClNO3/c1-2-17(22)13-5-9-16(10-6-13)23-12-19-21-11-18(24-19)14-3-7-15(20)8-4-14/h3-11H,2,12H2,1H3. The number of halogens is 1. The van der Waals surface area contributed by atoms with Crippen molar-refractivity contribution in [3.05, 3.63) is 71.2 Å². The molecule has 0 spiro atoms. The van der Waals surface area contributed by atoms with Crippen molar-refractivity contribution in [2.75, 3.05) is 0 Å². The highest BCUT2D eigenvalue weighted by molar-refractivity contribution is 6.30. The summed E-state index contributed by atoms with van der Waals surface area (Å²) in [5, 5.41) is 0.673. The number of oxazole rings is 1. The third-order valence-electron chi connectivity index (χ3n) is 3.54. The van der Waals surface area contributed by atoms with E-state index in [0.29, 0.717) is 34.4 Å². The predicted octanol–water partition coefficient (Wildman–Crippen LogP) is 5.17. The third kappa shape index (κ3) is 3.84. The summed E-state index contributed by atoms with van der Waals surface area (Å²) in [7, 11) is 0. The van der Waals surface area contributed by atoms with E-state index in [4.69, 9.17) is 20.8 Å². The maximum Gasteiger partial charge on any atom is 0.232 e. The first-order valence-corrected chi connectivity index (χ1v) is 8.00. The second kappa shape index (κ2) is 7.32. The van der Waals surface area contributed by atoms with Gasteiger partial charge >= 0.3 is 0 Å². The monoisotopic (exact) mass is 341 g/mol. The van der Waals surface area contributed by atoms with Crippen LogP contribution >= 0.6 is 11.6 Å². The molecule has 24 heavy (non-hydrogen) atoms. The molecule has 0 aliphatic rings. The van der Waals surface area contributed by atoms with Gasteiger partial charge < -0.3 is 9.15 Å². The quantitative estimate of drug-likeness (QED) is 0.580. The van der Waals surface area contributed by atoms with Gasteiger partial charge in [-0.3, -0.25) is 4.79 Å². The lowest BCUT2D eigenvalue weighted by Crippen LogP contribution is -1.98. The molecule has 0 fully saturated rings. The molecular weight excluding hydrogens is 326 g/mol. The molecule has 1 heterocycles. The first-order chi connectivity index (χ1) is 11.7. The number of rotatable bonds is 6. The minimum absolute atomic E-state index is 0.113. The van der Waals surface area contributed by atoms with Gasteiger partial charge in [0.25, 0.3) is 0 Å². The lowest BCUT2D eigenvalue weighted by atomic mass is 10.1. The number of nitrogens with zero attached hydrogens (tertiary/aromatic N) is 1. The fourth-order valence-electron chi connectivity index (χ4n) is 2.21. The summed E-state index contributed by atoms with van der Waals surface area (Å²) in [6.45, 7) is 2.06. The van der Waals surface area contributed by atoms with Crippen LogP contribution in [0.15, 0.2) is 59.1 Å². The van der Waals surface area contributed by atoms with Crippen LogP contribution in [0.4, 0.5) is 0 Å². The van der Waals surface area contributed by atoms with E-state index < -0.39 is 0 Å². The second-order valence-corrected chi connectivity index (χ2v) is 5.65. The largest absolute Gasteiger partial charge is 0.484 e. The van der Waals surface area contributed by atoms with E-state index in [-0.39, 0.29) is 12.4 Å². The number of Topliss-reactive ketones (excluding diaryl/α,β-unsaturated/α-hetero) is 1. The second-order valence-electron chi connectivity index (χ2n) is 5.21. The molecule has 1 aromatic heterocycles. The Kier molecular flexibility index (Phi) is 4.96. The van der Waals surface area contributed by atoms with Gasteiger partial charge in [0.2, 0.25) is 5.89 Å². The summed E-state index contributed by atoms with van der Waals surface area (Å²) in [6.07, 6.45) is 2.15. The van der Waals surface area contributed by atoms with E-state index in [1.54, 1.807) is 42.6 Å². The van der Waals surface area contributed by atoms with Gasteiger partial charge in [0, 0.05) is 22.6 Å². The molecule has 0 saturated carbocycles. The number of ketones is 1. The molecule has 0 amide bonds. The highest BCUT2D eigenvalue weighted by Gasteiger charge is 2.08. The van der Waals surface area contributed by atoms with Crippen molar-refractivity contribution < 1.29 is 13.9 Å². The minimum atomic E-state index is 0.113. The first-order valence-electron chi connectivity index (χ1n) is 7.62. The summed E-state index contributed by atoms with van der Waals surface area (Å²) < 4.78 is 11.3. The Labute approximate surface area is 145 Å². The average molecular weight is 342 g/mol. The fourth-order valence-corrected chi connectivity index (χ4v) is 2.34. The van der Waals surface area contributed by atoms with Crippen molar-refractivity contribution in [1.29, 1.82) is 0 Å². The van der Waals surface area contributed by atoms with Gasteiger partial charge in [-0.1, -0.05) is 18.5 Å². The van der Waals surface area contributed by atoms with Gasteiger partial charge in [-0.25, -0.2) is 4.98 Å². The molecule has 0 N–H and O–H groups in total. The van der Waals surface area contributed by atoms with Gasteiger partial charge in [-0.15, -0.1) is 0 Å². The van der Waals surface area contributed by atoms with Crippen LogP contribution < -0.4 is 4.74 Å². The molecule has 4 nitrogen and oxygen atoms in total. The van der Waals surface area contributed by atoms with Crippen molar-refractivity contribution in [3.63, 3.8) is 0 Å². The first kappa shape index (κ1) is 16.3. The Morgan fingerprint density at radius 1 is 1.12 bits per heavy atom. The summed E-state index contributed by atoms with van der Waals surface area (Å²) in [4.78, 5) is 15.8. The number of aromatic nitrogens is 1. The Hall–Kier alpha value is -2.59. The molecule has 0 bridgehead atoms. The number of ether oxygens (including phenoxy) is 1. The van der Waals surface area contributed by atoms with E-state index in [9.17, 15) is 4.79 Å². The zero-order valence-electron chi connectivity index (χ0n) is 13.2. The van der Waals surface area contributed by atoms with Crippen LogP contribution in [-0.2, 0) is 6.61 Å². The number of hydrogen-bond acceptors (Lipinski definition) is 4. The minimum Gasteiger partial charge on any atom is -0.484 e. The van der Waals surface area contributed by atoms with Gasteiger partial charge in [0.1, 0.15) is 5.75 Å².